The summed E-state index contributed by atoms with van der Waals surface area (Å²) in [6, 6.07) is 10.5. The molecule has 1 aromatic heterocycles. The van der Waals surface area contributed by atoms with Crippen LogP contribution in [0.15, 0.2) is 36.5 Å². The van der Waals surface area contributed by atoms with Crippen molar-refractivity contribution in [1.82, 2.24) is 4.98 Å². The van der Waals surface area contributed by atoms with E-state index in [9.17, 15) is 0 Å². The second kappa shape index (κ2) is 7.78. The smallest absolute Gasteiger partial charge is 0.133 e. The first kappa shape index (κ1) is 13.9. The molecule has 0 spiro atoms. The lowest BCUT2D eigenvalue weighted by Gasteiger charge is -2.08. The summed E-state index contributed by atoms with van der Waals surface area (Å²) in [5.74, 6) is 1.02. The molecular formula is C17H24N2. The Morgan fingerprint density at radius 2 is 1.74 bits per heavy atom. The number of hydrogen-bond donors (Lipinski definition) is 1. The number of aromatic nitrogens is 1. The van der Waals surface area contributed by atoms with Crippen molar-refractivity contribution in [3.63, 3.8) is 0 Å². The van der Waals surface area contributed by atoms with Crippen LogP contribution < -0.4 is 5.32 Å². The van der Waals surface area contributed by atoms with Gasteiger partial charge in [0.15, 0.2) is 0 Å². The molecule has 0 aliphatic carbocycles. The Bertz CT molecular complexity index is 488. The Morgan fingerprint density at radius 3 is 2.63 bits per heavy atom. The van der Waals surface area contributed by atoms with Gasteiger partial charge in [0.2, 0.25) is 0 Å². The van der Waals surface area contributed by atoms with Crippen LogP contribution in [-0.4, -0.2) is 11.5 Å². The van der Waals surface area contributed by atoms with E-state index in [4.69, 9.17) is 0 Å². The summed E-state index contributed by atoms with van der Waals surface area (Å²) in [4.78, 5) is 4.44. The lowest BCUT2D eigenvalue weighted by molar-refractivity contribution is 0.617. The zero-order valence-corrected chi connectivity index (χ0v) is 11.9. The molecule has 0 radical (unpaired) electrons. The van der Waals surface area contributed by atoms with E-state index in [1.165, 1.54) is 49.3 Å². The summed E-state index contributed by atoms with van der Waals surface area (Å²) in [5.41, 5.74) is 0. The molecule has 0 atom stereocenters. The van der Waals surface area contributed by atoms with Crippen molar-refractivity contribution in [2.24, 2.45) is 0 Å². The zero-order valence-electron chi connectivity index (χ0n) is 11.9. The molecule has 0 fully saturated rings. The van der Waals surface area contributed by atoms with Gasteiger partial charge in [0.1, 0.15) is 5.82 Å². The van der Waals surface area contributed by atoms with E-state index in [2.05, 4.69) is 47.6 Å². The van der Waals surface area contributed by atoms with Crippen molar-refractivity contribution in [1.29, 1.82) is 0 Å². The van der Waals surface area contributed by atoms with Crippen molar-refractivity contribution >= 4 is 16.6 Å². The highest BCUT2D eigenvalue weighted by atomic mass is 15.0. The molecule has 0 saturated heterocycles. The monoisotopic (exact) mass is 256 g/mol. The van der Waals surface area contributed by atoms with Gasteiger partial charge in [-0.25, -0.2) is 4.98 Å². The summed E-state index contributed by atoms with van der Waals surface area (Å²) in [5, 5.41) is 5.94. The van der Waals surface area contributed by atoms with Gasteiger partial charge in [-0.1, -0.05) is 63.3 Å². The standard InChI is InChI=1S/C17H24N2/c1-2-3-4-5-6-9-13-18-17-16-11-8-7-10-15(16)12-14-19-17/h7-8,10-12,14H,2-6,9,13H2,1H3,(H,18,19). The van der Waals surface area contributed by atoms with Crippen LogP contribution in [0.1, 0.15) is 45.4 Å². The van der Waals surface area contributed by atoms with Crippen LogP contribution in [-0.2, 0) is 0 Å². The van der Waals surface area contributed by atoms with Crippen LogP contribution in [0.3, 0.4) is 0 Å². The number of rotatable bonds is 8. The summed E-state index contributed by atoms with van der Waals surface area (Å²) in [7, 11) is 0. The minimum Gasteiger partial charge on any atom is -0.370 e. The van der Waals surface area contributed by atoms with Crippen LogP contribution in [0, 0.1) is 0 Å². The number of unbranched alkanes of at least 4 members (excludes halogenated alkanes) is 5. The van der Waals surface area contributed by atoms with Gasteiger partial charge in [-0.05, 0) is 17.9 Å². The van der Waals surface area contributed by atoms with E-state index in [1.807, 2.05) is 6.20 Å². The van der Waals surface area contributed by atoms with Crippen molar-refractivity contribution < 1.29 is 0 Å². The van der Waals surface area contributed by atoms with Crippen LogP contribution in [0.2, 0.25) is 0 Å². The van der Waals surface area contributed by atoms with Gasteiger partial charge in [0.05, 0.1) is 0 Å². The average Bonchev–Trinajstić information content (AvgIpc) is 2.46. The molecule has 102 valence electrons. The Hall–Kier alpha value is -1.57. The van der Waals surface area contributed by atoms with E-state index in [1.54, 1.807) is 0 Å². The molecule has 19 heavy (non-hydrogen) atoms. The first-order valence-corrected chi connectivity index (χ1v) is 7.49. The first-order valence-electron chi connectivity index (χ1n) is 7.49. The Labute approximate surface area is 116 Å². The summed E-state index contributed by atoms with van der Waals surface area (Å²) < 4.78 is 0. The molecule has 0 bridgehead atoms. The third-order valence-corrected chi connectivity index (χ3v) is 3.50. The Kier molecular flexibility index (Phi) is 5.67. The van der Waals surface area contributed by atoms with Crippen molar-refractivity contribution in [2.45, 2.75) is 45.4 Å². The van der Waals surface area contributed by atoms with Crippen molar-refractivity contribution in [3.05, 3.63) is 36.5 Å². The maximum absolute atomic E-state index is 4.44. The molecule has 2 aromatic rings. The van der Waals surface area contributed by atoms with E-state index in [0.29, 0.717) is 0 Å². The highest BCUT2D eigenvalue weighted by molar-refractivity contribution is 5.91. The fourth-order valence-electron chi connectivity index (χ4n) is 2.37. The topological polar surface area (TPSA) is 24.9 Å². The predicted molar refractivity (Wildman–Crippen MR) is 83.6 cm³/mol. The Balaban J connectivity index is 1.78. The third-order valence-electron chi connectivity index (χ3n) is 3.50. The molecule has 2 heteroatoms. The number of fused-ring (bicyclic) bond motifs is 1. The number of hydrogen-bond acceptors (Lipinski definition) is 2. The zero-order chi connectivity index (χ0) is 13.3. The summed E-state index contributed by atoms with van der Waals surface area (Å²) in [6.45, 7) is 3.28. The fourth-order valence-corrected chi connectivity index (χ4v) is 2.37. The SMILES string of the molecule is CCCCCCCCNc1nccc2ccccc12. The van der Waals surface area contributed by atoms with Crippen LogP contribution in [0.5, 0.6) is 0 Å². The van der Waals surface area contributed by atoms with Gasteiger partial charge in [-0.15, -0.1) is 0 Å². The number of anilines is 1. The quantitative estimate of drug-likeness (QED) is 0.672. The minimum atomic E-state index is 1.02. The minimum absolute atomic E-state index is 1.02. The maximum Gasteiger partial charge on any atom is 0.133 e. The second-order valence-electron chi connectivity index (χ2n) is 5.08. The molecule has 2 nitrogen and oxygen atoms in total. The molecule has 1 N–H and O–H groups in total. The van der Waals surface area contributed by atoms with Crippen LogP contribution in [0.25, 0.3) is 10.8 Å². The molecule has 1 aromatic carbocycles. The first-order chi connectivity index (χ1) is 9.42. The second-order valence-corrected chi connectivity index (χ2v) is 5.08. The summed E-state index contributed by atoms with van der Waals surface area (Å²) >= 11 is 0. The van der Waals surface area contributed by atoms with E-state index < -0.39 is 0 Å². The van der Waals surface area contributed by atoms with Gasteiger partial charge in [0.25, 0.3) is 0 Å². The van der Waals surface area contributed by atoms with Gasteiger partial charge >= 0.3 is 0 Å². The largest absolute Gasteiger partial charge is 0.370 e. The van der Waals surface area contributed by atoms with Crippen molar-refractivity contribution in [2.75, 3.05) is 11.9 Å². The molecular weight excluding hydrogens is 232 g/mol. The third kappa shape index (κ3) is 4.23. The van der Waals surface area contributed by atoms with E-state index >= 15 is 0 Å². The number of nitrogens with zero attached hydrogens (tertiary/aromatic N) is 1. The van der Waals surface area contributed by atoms with Gasteiger partial charge < -0.3 is 5.32 Å². The average molecular weight is 256 g/mol. The van der Waals surface area contributed by atoms with Crippen LogP contribution in [0.4, 0.5) is 5.82 Å². The highest BCUT2D eigenvalue weighted by Gasteiger charge is 2.00. The molecule has 0 saturated carbocycles. The molecule has 0 aliphatic rings. The van der Waals surface area contributed by atoms with Gasteiger partial charge in [0, 0.05) is 18.1 Å². The van der Waals surface area contributed by atoms with Gasteiger partial charge in [-0.2, -0.15) is 0 Å². The van der Waals surface area contributed by atoms with Gasteiger partial charge in [-0.3, -0.25) is 0 Å². The maximum atomic E-state index is 4.44. The lowest BCUT2D eigenvalue weighted by Crippen LogP contribution is -2.03. The Morgan fingerprint density at radius 1 is 0.947 bits per heavy atom. The molecule has 0 unspecified atom stereocenters. The predicted octanol–water partition coefficient (Wildman–Crippen LogP) is 5.01. The number of pyridine rings is 1. The van der Waals surface area contributed by atoms with E-state index in [-0.39, 0.29) is 0 Å². The number of benzene rings is 1. The van der Waals surface area contributed by atoms with Crippen molar-refractivity contribution in [3.8, 4) is 0 Å². The molecule has 0 amide bonds. The fraction of sp³-hybridized carbons (Fsp3) is 0.471. The molecule has 2 rings (SSSR count). The normalized spacial score (nSPS) is 10.8. The molecule has 1 heterocycles. The highest BCUT2D eigenvalue weighted by Crippen LogP contribution is 2.20. The number of nitrogens with one attached hydrogen (secondary N) is 1. The summed E-state index contributed by atoms with van der Waals surface area (Å²) in [6.07, 6.45) is 9.86. The molecule has 0 aliphatic heterocycles. The van der Waals surface area contributed by atoms with Crippen LogP contribution >= 0.6 is 0 Å². The van der Waals surface area contributed by atoms with E-state index in [0.717, 1.165) is 12.4 Å². The lowest BCUT2D eigenvalue weighted by atomic mass is 10.1.